The molecule has 9 heteroatoms. The second kappa shape index (κ2) is 11.4. The SMILES string of the molecule is CCc1ccc(CCOc2ccc(CC3SC(=O)N(COC(=O)OC4CCC4)C3=O)cc2)nc1. The summed E-state index contributed by atoms with van der Waals surface area (Å²) in [4.78, 5) is 41.9. The number of imide groups is 1. The molecule has 0 bridgehead atoms. The van der Waals surface area contributed by atoms with E-state index >= 15 is 0 Å². The van der Waals surface area contributed by atoms with Gasteiger partial charge in [0.25, 0.3) is 5.24 Å². The zero-order chi connectivity index (χ0) is 23.9. The van der Waals surface area contributed by atoms with Gasteiger partial charge in [-0.15, -0.1) is 0 Å². The molecule has 1 aliphatic carbocycles. The lowest BCUT2D eigenvalue weighted by molar-refractivity contribution is -0.130. The molecule has 2 fully saturated rings. The Labute approximate surface area is 203 Å². The van der Waals surface area contributed by atoms with Gasteiger partial charge in [0.2, 0.25) is 5.91 Å². The smallest absolute Gasteiger partial charge is 0.493 e. The molecule has 180 valence electrons. The Bertz CT molecular complexity index is 1010. The summed E-state index contributed by atoms with van der Waals surface area (Å²) in [7, 11) is 0. The normalized spacial score (nSPS) is 18.0. The first kappa shape index (κ1) is 24.1. The fourth-order valence-electron chi connectivity index (χ4n) is 3.54. The molecule has 2 aromatic rings. The van der Waals surface area contributed by atoms with Crippen LogP contribution >= 0.6 is 11.8 Å². The van der Waals surface area contributed by atoms with Gasteiger partial charge in [0.15, 0.2) is 6.73 Å². The molecule has 1 atom stereocenters. The van der Waals surface area contributed by atoms with Crippen LogP contribution in [-0.4, -0.2) is 51.9 Å². The average Bonchev–Trinajstić information content (AvgIpc) is 3.08. The molecule has 2 amide bonds. The van der Waals surface area contributed by atoms with Crippen molar-refractivity contribution in [3.05, 3.63) is 59.4 Å². The minimum Gasteiger partial charge on any atom is -0.493 e. The van der Waals surface area contributed by atoms with E-state index in [0.29, 0.717) is 19.4 Å². The third-order valence-corrected chi connectivity index (χ3v) is 6.97. The first-order valence-electron chi connectivity index (χ1n) is 11.5. The fraction of sp³-hybridized carbons (Fsp3) is 0.440. The summed E-state index contributed by atoms with van der Waals surface area (Å²) in [6.45, 7) is 2.19. The van der Waals surface area contributed by atoms with Crippen LogP contribution in [0.1, 0.15) is 43.0 Å². The van der Waals surface area contributed by atoms with Crippen molar-refractivity contribution < 1.29 is 28.6 Å². The van der Waals surface area contributed by atoms with Crippen LogP contribution in [0.2, 0.25) is 0 Å². The topological polar surface area (TPSA) is 95.0 Å². The number of amides is 2. The second-order valence-electron chi connectivity index (χ2n) is 8.29. The first-order chi connectivity index (χ1) is 16.5. The lowest BCUT2D eigenvalue weighted by atomic mass is 9.96. The summed E-state index contributed by atoms with van der Waals surface area (Å²) < 4.78 is 15.8. The van der Waals surface area contributed by atoms with E-state index in [0.717, 1.165) is 59.4 Å². The molecule has 8 nitrogen and oxygen atoms in total. The number of pyridine rings is 1. The molecule has 34 heavy (non-hydrogen) atoms. The number of aromatic nitrogens is 1. The van der Waals surface area contributed by atoms with Crippen LogP contribution in [0.5, 0.6) is 5.75 Å². The van der Waals surface area contributed by atoms with E-state index in [2.05, 4.69) is 18.0 Å². The Balaban J connectivity index is 1.21. The highest BCUT2D eigenvalue weighted by Crippen LogP contribution is 2.30. The molecule has 4 rings (SSSR count). The van der Waals surface area contributed by atoms with Crippen molar-refractivity contribution in [1.82, 2.24) is 9.88 Å². The van der Waals surface area contributed by atoms with E-state index < -0.39 is 23.4 Å². The molecule has 0 spiro atoms. The molecule has 1 saturated carbocycles. The number of nitrogens with zero attached hydrogens (tertiary/aromatic N) is 2. The number of ether oxygens (including phenoxy) is 3. The molecule has 0 radical (unpaired) electrons. The van der Waals surface area contributed by atoms with Gasteiger partial charge in [0.05, 0.1) is 11.9 Å². The number of carbonyl (C=O) groups excluding carboxylic acids is 3. The summed E-state index contributed by atoms with van der Waals surface area (Å²) >= 11 is 0.943. The van der Waals surface area contributed by atoms with Gasteiger partial charge in [0.1, 0.15) is 11.9 Å². The maximum atomic E-state index is 12.6. The van der Waals surface area contributed by atoms with E-state index in [9.17, 15) is 14.4 Å². The van der Waals surface area contributed by atoms with Crippen molar-refractivity contribution in [2.45, 2.75) is 56.8 Å². The molecule has 1 aromatic carbocycles. The molecule has 1 saturated heterocycles. The van der Waals surface area contributed by atoms with E-state index in [1.807, 2.05) is 36.5 Å². The van der Waals surface area contributed by atoms with Crippen molar-refractivity contribution in [2.75, 3.05) is 13.3 Å². The number of benzene rings is 1. The van der Waals surface area contributed by atoms with E-state index in [1.54, 1.807) is 0 Å². The summed E-state index contributed by atoms with van der Waals surface area (Å²) in [5.74, 6) is 0.365. The van der Waals surface area contributed by atoms with Gasteiger partial charge >= 0.3 is 6.16 Å². The lowest BCUT2D eigenvalue weighted by Crippen LogP contribution is -2.36. The minimum atomic E-state index is -0.844. The molecule has 2 aliphatic rings. The average molecular weight is 485 g/mol. The van der Waals surface area contributed by atoms with E-state index in [-0.39, 0.29) is 12.0 Å². The van der Waals surface area contributed by atoms with E-state index in [4.69, 9.17) is 14.2 Å². The predicted octanol–water partition coefficient (Wildman–Crippen LogP) is 4.54. The Morgan fingerprint density at radius 2 is 1.88 bits per heavy atom. The third kappa shape index (κ3) is 6.28. The Hall–Kier alpha value is -3.07. The van der Waals surface area contributed by atoms with Crippen LogP contribution in [0.4, 0.5) is 9.59 Å². The second-order valence-corrected chi connectivity index (χ2v) is 9.44. The van der Waals surface area contributed by atoms with Crippen molar-refractivity contribution in [2.24, 2.45) is 0 Å². The fourth-order valence-corrected chi connectivity index (χ4v) is 4.56. The standard InChI is InChI=1S/C25H28N2O6S/c1-2-17-6-9-19(26-15-17)12-13-31-20-10-7-18(8-11-20)14-22-23(28)27(24(29)34-22)16-32-25(30)33-21-4-3-5-21/h6-11,15,21-22H,2-5,12-14,16H2,1H3. The number of hydrogen-bond acceptors (Lipinski definition) is 8. The van der Waals surface area contributed by atoms with Crippen molar-refractivity contribution in [3.63, 3.8) is 0 Å². The van der Waals surface area contributed by atoms with Gasteiger partial charge in [-0.25, -0.2) is 9.69 Å². The zero-order valence-corrected chi connectivity index (χ0v) is 19.9. The highest BCUT2D eigenvalue weighted by Gasteiger charge is 2.40. The molecular weight excluding hydrogens is 456 g/mol. The Morgan fingerprint density at radius 3 is 2.53 bits per heavy atom. The van der Waals surface area contributed by atoms with Crippen molar-refractivity contribution in [3.8, 4) is 5.75 Å². The highest BCUT2D eigenvalue weighted by molar-refractivity contribution is 8.15. The summed E-state index contributed by atoms with van der Waals surface area (Å²) in [6.07, 6.45) is 5.68. The summed E-state index contributed by atoms with van der Waals surface area (Å²) in [5.41, 5.74) is 3.11. The van der Waals surface area contributed by atoms with Gasteiger partial charge in [0, 0.05) is 18.3 Å². The monoisotopic (exact) mass is 484 g/mol. The predicted molar refractivity (Wildman–Crippen MR) is 127 cm³/mol. The molecule has 1 aromatic heterocycles. The van der Waals surface area contributed by atoms with Crippen LogP contribution in [-0.2, 0) is 33.5 Å². The van der Waals surface area contributed by atoms with Gasteiger partial charge in [-0.05, 0) is 61.4 Å². The van der Waals surface area contributed by atoms with Crippen LogP contribution in [0.3, 0.4) is 0 Å². The van der Waals surface area contributed by atoms with E-state index in [1.165, 1.54) is 5.56 Å². The van der Waals surface area contributed by atoms with Gasteiger partial charge in [-0.2, -0.15) is 0 Å². The van der Waals surface area contributed by atoms with Crippen LogP contribution in [0.15, 0.2) is 42.6 Å². The molecule has 0 N–H and O–H groups in total. The maximum Gasteiger partial charge on any atom is 0.510 e. The Morgan fingerprint density at radius 1 is 1.12 bits per heavy atom. The largest absolute Gasteiger partial charge is 0.510 e. The number of carbonyl (C=O) groups is 3. The third-order valence-electron chi connectivity index (χ3n) is 5.90. The molecular formula is C25H28N2O6S. The van der Waals surface area contributed by atoms with Crippen LogP contribution < -0.4 is 4.74 Å². The van der Waals surface area contributed by atoms with Crippen LogP contribution in [0.25, 0.3) is 0 Å². The van der Waals surface area contributed by atoms with Crippen molar-refractivity contribution in [1.29, 1.82) is 0 Å². The first-order valence-corrected chi connectivity index (χ1v) is 12.4. The van der Waals surface area contributed by atoms with Gasteiger partial charge < -0.3 is 14.2 Å². The molecule has 2 heterocycles. The maximum absolute atomic E-state index is 12.6. The number of rotatable bonds is 10. The zero-order valence-electron chi connectivity index (χ0n) is 19.1. The number of aryl methyl sites for hydroxylation is 1. The molecule has 1 aliphatic heterocycles. The summed E-state index contributed by atoms with van der Waals surface area (Å²) in [5, 5.41) is -0.977. The Kier molecular flexibility index (Phi) is 8.05. The number of hydrogen-bond donors (Lipinski definition) is 0. The lowest BCUT2D eigenvalue weighted by Gasteiger charge is -2.24. The molecule has 1 unspecified atom stereocenters. The van der Waals surface area contributed by atoms with Gasteiger partial charge in [-0.1, -0.05) is 36.9 Å². The van der Waals surface area contributed by atoms with Gasteiger partial charge in [-0.3, -0.25) is 14.6 Å². The highest BCUT2D eigenvalue weighted by atomic mass is 32.2. The van der Waals surface area contributed by atoms with Crippen LogP contribution in [0, 0.1) is 0 Å². The quantitative estimate of drug-likeness (QED) is 0.454. The minimum absolute atomic E-state index is 0.115. The summed E-state index contributed by atoms with van der Waals surface area (Å²) in [6, 6.07) is 11.6. The van der Waals surface area contributed by atoms with Crippen molar-refractivity contribution >= 4 is 29.1 Å². The number of thioether (sulfide) groups is 1.